The van der Waals surface area contributed by atoms with Gasteiger partial charge in [0.1, 0.15) is 0 Å². The van der Waals surface area contributed by atoms with Crippen molar-refractivity contribution in [1.82, 2.24) is 5.32 Å². The zero-order valence-corrected chi connectivity index (χ0v) is 7.21. The molecule has 0 aromatic heterocycles. The molecule has 0 spiro atoms. The van der Waals surface area contributed by atoms with Crippen molar-refractivity contribution in [2.75, 3.05) is 0 Å². The van der Waals surface area contributed by atoms with Crippen molar-refractivity contribution in [1.29, 1.82) is 0 Å². The fourth-order valence-corrected chi connectivity index (χ4v) is 0.922. The molecular formula is C10H15NO. The second kappa shape index (κ2) is 4.54. The molecule has 1 rings (SSSR count). The summed E-state index contributed by atoms with van der Waals surface area (Å²) < 4.78 is 0. The minimum atomic E-state index is 0. The predicted octanol–water partition coefficient (Wildman–Crippen LogP) is 1.96. The van der Waals surface area contributed by atoms with E-state index in [2.05, 4.69) is 5.32 Å². The SMILES string of the molecule is CCC(=O)NCc1ccccc1.[HH]. The fraction of sp³-hybridized carbons (Fsp3) is 0.300. The van der Waals surface area contributed by atoms with E-state index in [1.165, 1.54) is 0 Å². The van der Waals surface area contributed by atoms with Gasteiger partial charge in [-0.25, -0.2) is 0 Å². The summed E-state index contributed by atoms with van der Waals surface area (Å²) in [5.74, 6) is 0.0962. The van der Waals surface area contributed by atoms with Crippen LogP contribution in [0.1, 0.15) is 20.3 Å². The van der Waals surface area contributed by atoms with Gasteiger partial charge < -0.3 is 5.32 Å². The topological polar surface area (TPSA) is 29.1 Å². The van der Waals surface area contributed by atoms with Crippen molar-refractivity contribution in [3.05, 3.63) is 35.9 Å². The summed E-state index contributed by atoms with van der Waals surface area (Å²) in [4.78, 5) is 10.9. The number of carbonyl (C=O) groups excluding carboxylic acids is 1. The van der Waals surface area contributed by atoms with E-state index in [4.69, 9.17) is 0 Å². The first-order chi connectivity index (χ1) is 5.83. The van der Waals surface area contributed by atoms with Crippen molar-refractivity contribution in [2.24, 2.45) is 0 Å². The van der Waals surface area contributed by atoms with Crippen molar-refractivity contribution in [2.45, 2.75) is 19.9 Å². The molecule has 0 aliphatic carbocycles. The smallest absolute Gasteiger partial charge is 0.219 e. The molecule has 1 amide bonds. The largest absolute Gasteiger partial charge is 0.352 e. The first-order valence-electron chi connectivity index (χ1n) is 4.13. The van der Waals surface area contributed by atoms with Crippen LogP contribution in [0, 0.1) is 0 Å². The third-order valence-corrected chi connectivity index (χ3v) is 1.65. The van der Waals surface area contributed by atoms with Crippen LogP contribution in [0.15, 0.2) is 30.3 Å². The second-order valence-electron chi connectivity index (χ2n) is 2.62. The summed E-state index contributed by atoms with van der Waals surface area (Å²) in [5, 5.41) is 2.81. The van der Waals surface area contributed by atoms with Crippen LogP contribution in [0.2, 0.25) is 0 Å². The van der Waals surface area contributed by atoms with Gasteiger partial charge in [0.15, 0.2) is 0 Å². The molecule has 0 bridgehead atoms. The number of nitrogens with one attached hydrogen (secondary N) is 1. The first-order valence-corrected chi connectivity index (χ1v) is 4.13. The summed E-state index contributed by atoms with van der Waals surface area (Å²) in [7, 11) is 0. The number of benzene rings is 1. The molecular weight excluding hydrogens is 150 g/mol. The van der Waals surface area contributed by atoms with Gasteiger partial charge in [-0.3, -0.25) is 4.79 Å². The van der Waals surface area contributed by atoms with Crippen LogP contribution in [-0.2, 0) is 11.3 Å². The number of hydrogen-bond donors (Lipinski definition) is 1. The highest BCUT2D eigenvalue weighted by Gasteiger charge is 1.95. The maximum absolute atomic E-state index is 10.9. The number of amides is 1. The molecule has 0 heterocycles. The zero-order valence-electron chi connectivity index (χ0n) is 7.21. The zero-order chi connectivity index (χ0) is 8.81. The van der Waals surface area contributed by atoms with Gasteiger partial charge in [0.2, 0.25) is 5.91 Å². The molecule has 2 heteroatoms. The van der Waals surface area contributed by atoms with Crippen LogP contribution < -0.4 is 5.32 Å². The lowest BCUT2D eigenvalue weighted by atomic mass is 10.2. The van der Waals surface area contributed by atoms with Gasteiger partial charge in [0.05, 0.1) is 0 Å². The molecule has 0 fully saturated rings. The lowest BCUT2D eigenvalue weighted by molar-refractivity contribution is -0.120. The van der Waals surface area contributed by atoms with Crippen LogP contribution in [0.3, 0.4) is 0 Å². The molecule has 0 unspecified atom stereocenters. The third-order valence-electron chi connectivity index (χ3n) is 1.65. The Morgan fingerprint density at radius 3 is 2.67 bits per heavy atom. The maximum Gasteiger partial charge on any atom is 0.219 e. The van der Waals surface area contributed by atoms with Crippen LogP contribution in [0.5, 0.6) is 0 Å². The molecule has 0 saturated carbocycles. The Labute approximate surface area is 74.1 Å². The number of carbonyl (C=O) groups is 1. The van der Waals surface area contributed by atoms with E-state index in [-0.39, 0.29) is 7.33 Å². The summed E-state index contributed by atoms with van der Waals surface area (Å²) in [5.41, 5.74) is 1.14. The van der Waals surface area contributed by atoms with Crippen molar-refractivity contribution in [3.63, 3.8) is 0 Å². The van der Waals surface area contributed by atoms with Gasteiger partial charge in [0, 0.05) is 14.4 Å². The van der Waals surface area contributed by atoms with E-state index in [9.17, 15) is 4.79 Å². The fourth-order valence-electron chi connectivity index (χ4n) is 0.922. The lowest BCUT2D eigenvalue weighted by Crippen LogP contribution is -2.21. The average molecular weight is 165 g/mol. The first kappa shape index (κ1) is 8.78. The Kier molecular flexibility index (Phi) is 3.33. The number of rotatable bonds is 3. The van der Waals surface area contributed by atoms with Crippen molar-refractivity contribution < 1.29 is 6.22 Å². The number of hydrogen-bond acceptors (Lipinski definition) is 1. The van der Waals surface area contributed by atoms with Crippen molar-refractivity contribution in [3.8, 4) is 0 Å². The predicted molar refractivity (Wildman–Crippen MR) is 50.7 cm³/mol. The molecule has 0 aliphatic heterocycles. The highest BCUT2D eigenvalue weighted by Crippen LogP contribution is 1.96. The van der Waals surface area contributed by atoms with Crippen molar-refractivity contribution >= 4 is 5.91 Å². The van der Waals surface area contributed by atoms with Gasteiger partial charge >= 0.3 is 0 Å². The standard InChI is InChI=1S/C10H13NO.H2/c1-2-10(12)11-8-9-6-4-3-5-7-9;/h3-7H,2,8H2,1H3,(H,11,12);1H. The van der Waals surface area contributed by atoms with E-state index in [0.29, 0.717) is 13.0 Å². The molecule has 0 saturated heterocycles. The molecule has 1 aromatic carbocycles. The highest BCUT2D eigenvalue weighted by atomic mass is 16.1. The average Bonchev–Trinajstić information content (AvgIpc) is 2.16. The Hall–Kier alpha value is -1.31. The molecule has 66 valence electrons. The Balaban J connectivity index is 0.00000144. The van der Waals surface area contributed by atoms with E-state index < -0.39 is 0 Å². The highest BCUT2D eigenvalue weighted by molar-refractivity contribution is 5.75. The summed E-state index contributed by atoms with van der Waals surface area (Å²) >= 11 is 0. The van der Waals surface area contributed by atoms with E-state index in [1.54, 1.807) is 0 Å². The molecule has 0 radical (unpaired) electrons. The minimum absolute atomic E-state index is 0. The third kappa shape index (κ3) is 2.74. The molecule has 1 aromatic rings. The monoisotopic (exact) mass is 165 g/mol. The molecule has 0 atom stereocenters. The lowest BCUT2D eigenvalue weighted by Gasteiger charge is -2.02. The van der Waals surface area contributed by atoms with Crippen LogP contribution in [0.25, 0.3) is 0 Å². The van der Waals surface area contributed by atoms with E-state index >= 15 is 0 Å². The van der Waals surface area contributed by atoms with Crippen LogP contribution in [-0.4, -0.2) is 5.91 Å². The van der Waals surface area contributed by atoms with Gasteiger partial charge in [-0.15, -0.1) is 0 Å². The normalized spacial score (nSPS) is 9.42. The van der Waals surface area contributed by atoms with Gasteiger partial charge in [0.25, 0.3) is 0 Å². The summed E-state index contributed by atoms with van der Waals surface area (Å²) in [6, 6.07) is 9.89. The molecule has 1 N–H and O–H groups in total. The Morgan fingerprint density at radius 2 is 2.08 bits per heavy atom. The van der Waals surface area contributed by atoms with E-state index in [0.717, 1.165) is 5.56 Å². The molecule has 12 heavy (non-hydrogen) atoms. The Bertz CT molecular complexity index is 248. The van der Waals surface area contributed by atoms with Gasteiger partial charge in [-0.05, 0) is 5.56 Å². The van der Waals surface area contributed by atoms with Crippen LogP contribution >= 0.6 is 0 Å². The second-order valence-corrected chi connectivity index (χ2v) is 2.62. The summed E-state index contributed by atoms with van der Waals surface area (Å²) in [6.45, 7) is 2.48. The Morgan fingerprint density at radius 1 is 1.42 bits per heavy atom. The molecule has 2 nitrogen and oxygen atoms in total. The van der Waals surface area contributed by atoms with Gasteiger partial charge in [-0.1, -0.05) is 37.3 Å². The quantitative estimate of drug-likeness (QED) is 0.728. The summed E-state index contributed by atoms with van der Waals surface area (Å²) in [6.07, 6.45) is 0.548. The van der Waals surface area contributed by atoms with E-state index in [1.807, 2.05) is 37.3 Å². The van der Waals surface area contributed by atoms with Crippen LogP contribution in [0.4, 0.5) is 0 Å². The minimum Gasteiger partial charge on any atom is -0.352 e. The van der Waals surface area contributed by atoms with Gasteiger partial charge in [-0.2, -0.15) is 0 Å². The maximum atomic E-state index is 10.9. The molecule has 0 aliphatic rings.